The third-order valence-corrected chi connectivity index (χ3v) is 4.75. The number of rotatable bonds is 3. The van der Waals surface area contributed by atoms with Crippen LogP contribution in [0.25, 0.3) is 0 Å². The van der Waals surface area contributed by atoms with E-state index in [1.807, 2.05) is 13.8 Å². The molecular formula is C14H20N2O4S. The summed E-state index contributed by atoms with van der Waals surface area (Å²) in [6, 6.07) is 4.92. The molecule has 0 fully saturated rings. The number of sulfonamides is 1. The van der Waals surface area contributed by atoms with Crippen molar-refractivity contribution in [2.24, 2.45) is 5.41 Å². The first kappa shape index (κ1) is 15.6. The molecule has 0 spiro atoms. The highest BCUT2D eigenvalue weighted by atomic mass is 32.2. The van der Waals surface area contributed by atoms with Crippen LogP contribution in [0.1, 0.15) is 20.8 Å². The van der Waals surface area contributed by atoms with Crippen molar-refractivity contribution in [2.75, 3.05) is 29.0 Å². The Hall–Kier alpha value is -1.76. The van der Waals surface area contributed by atoms with E-state index in [0.717, 1.165) is 0 Å². The van der Waals surface area contributed by atoms with Crippen molar-refractivity contribution in [3.63, 3.8) is 0 Å². The van der Waals surface area contributed by atoms with Crippen LogP contribution < -0.4 is 14.4 Å². The molecule has 0 bridgehead atoms. The van der Waals surface area contributed by atoms with Crippen molar-refractivity contribution in [2.45, 2.75) is 20.8 Å². The Labute approximate surface area is 125 Å². The van der Waals surface area contributed by atoms with Gasteiger partial charge in [-0.25, -0.2) is 8.42 Å². The van der Waals surface area contributed by atoms with E-state index in [0.29, 0.717) is 17.1 Å². The summed E-state index contributed by atoms with van der Waals surface area (Å²) in [6.45, 7) is 5.48. The van der Waals surface area contributed by atoms with Gasteiger partial charge in [0.25, 0.3) is 0 Å². The Morgan fingerprint density at radius 3 is 2.67 bits per heavy atom. The van der Waals surface area contributed by atoms with Crippen LogP contribution in [-0.2, 0) is 14.8 Å². The van der Waals surface area contributed by atoms with Crippen LogP contribution in [0.2, 0.25) is 0 Å². The van der Waals surface area contributed by atoms with E-state index in [-0.39, 0.29) is 18.3 Å². The summed E-state index contributed by atoms with van der Waals surface area (Å²) in [5, 5.41) is 0. The van der Waals surface area contributed by atoms with E-state index < -0.39 is 15.4 Å². The molecule has 6 nitrogen and oxygen atoms in total. The maximum absolute atomic E-state index is 12.4. The van der Waals surface area contributed by atoms with Crippen molar-refractivity contribution in [3.05, 3.63) is 18.2 Å². The van der Waals surface area contributed by atoms with E-state index >= 15 is 0 Å². The van der Waals surface area contributed by atoms with Gasteiger partial charge in [0.15, 0.2) is 0 Å². The fourth-order valence-corrected chi connectivity index (χ4v) is 2.73. The second kappa shape index (κ2) is 5.22. The van der Waals surface area contributed by atoms with E-state index in [1.54, 1.807) is 32.2 Å². The van der Waals surface area contributed by atoms with Crippen LogP contribution in [-0.4, -0.2) is 33.7 Å². The van der Waals surface area contributed by atoms with E-state index in [2.05, 4.69) is 4.72 Å². The van der Waals surface area contributed by atoms with Gasteiger partial charge in [0.2, 0.25) is 15.9 Å². The Kier molecular flexibility index (Phi) is 3.88. The number of anilines is 2. The molecule has 0 unspecified atom stereocenters. The van der Waals surface area contributed by atoms with Crippen LogP contribution in [0, 0.1) is 5.41 Å². The second-order valence-corrected chi connectivity index (χ2v) is 7.74. The molecule has 1 amide bonds. The molecule has 1 heterocycles. The Morgan fingerprint density at radius 1 is 1.38 bits per heavy atom. The minimum absolute atomic E-state index is 0.0115. The fourth-order valence-electron chi connectivity index (χ4n) is 2.10. The van der Waals surface area contributed by atoms with Crippen LogP contribution in [0.5, 0.6) is 5.75 Å². The molecule has 21 heavy (non-hydrogen) atoms. The number of ether oxygens (including phenoxy) is 1. The third kappa shape index (κ3) is 3.12. The molecule has 1 aromatic carbocycles. The zero-order valence-corrected chi connectivity index (χ0v) is 13.5. The number of carbonyl (C=O) groups is 1. The number of hydrogen-bond acceptors (Lipinski definition) is 4. The minimum Gasteiger partial charge on any atom is -0.490 e. The number of amides is 1. The van der Waals surface area contributed by atoms with E-state index in [1.165, 1.54) is 4.90 Å². The Morgan fingerprint density at radius 2 is 2.05 bits per heavy atom. The molecule has 0 atom stereocenters. The van der Waals surface area contributed by atoms with Gasteiger partial charge < -0.3 is 9.64 Å². The van der Waals surface area contributed by atoms with Crippen molar-refractivity contribution in [3.8, 4) is 5.75 Å². The summed E-state index contributed by atoms with van der Waals surface area (Å²) in [7, 11) is -1.69. The molecule has 116 valence electrons. The first-order valence-electron chi connectivity index (χ1n) is 6.72. The highest BCUT2D eigenvalue weighted by molar-refractivity contribution is 7.92. The first-order chi connectivity index (χ1) is 9.66. The van der Waals surface area contributed by atoms with E-state index in [9.17, 15) is 13.2 Å². The number of carbonyl (C=O) groups excluding carboxylic acids is 1. The largest absolute Gasteiger partial charge is 0.490 e. The lowest BCUT2D eigenvalue weighted by Crippen LogP contribution is -2.39. The maximum Gasteiger partial charge on any atom is 0.235 e. The van der Waals surface area contributed by atoms with Crippen molar-refractivity contribution in [1.29, 1.82) is 0 Å². The molecule has 7 heteroatoms. The predicted molar refractivity (Wildman–Crippen MR) is 82.2 cm³/mol. The smallest absolute Gasteiger partial charge is 0.235 e. The fraction of sp³-hybridized carbons (Fsp3) is 0.500. The molecule has 0 radical (unpaired) electrons. The molecule has 0 aliphatic carbocycles. The number of nitrogens with one attached hydrogen (secondary N) is 1. The zero-order chi connectivity index (χ0) is 15.8. The lowest BCUT2D eigenvalue weighted by molar-refractivity contribution is -0.127. The Balaban J connectivity index is 2.41. The van der Waals surface area contributed by atoms with Gasteiger partial charge in [-0.3, -0.25) is 9.52 Å². The molecule has 1 aliphatic rings. The minimum atomic E-state index is -3.36. The van der Waals surface area contributed by atoms with Gasteiger partial charge in [-0.15, -0.1) is 0 Å². The SMILES string of the molecule is CCS(=O)(=O)Nc1ccc2c(c1)N(C)C(=O)C(C)(C)CO2. The summed E-state index contributed by atoms with van der Waals surface area (Å²) in [5.74, 6) is 0.482. The van der Waals surface area contributed by atoms with Gasteiger partial charge in [0, 0.05) is 7.05 Å². The van der Waals surface area contributed by atoms with Crippen molar-refractivity contribution < 1.29 is 17.9 Å². The Bertz CT molecular complexity index is 668. The number of benzene rings is 1. The van der Waals surface area contributed by atoms with Gasteiger partial charge in [0.1, 0.15) is 12.4 Å². The zero-order valence-electron chi connectivity index (χ0n) is 12.6. The number of nitrogens with zero attached hydrogens (tertiary/aromatic N) is 1. The number of fused-ring (bicyclic) bond motifs is 1. The van der Waals surface area contributed by atoms with Gasteiger partial charge in [0.05, 0.1) is 22.5 Å². The highest BCUT2D eigenvalue weighted by Gasteiger charge is 2.36. The maximum atomic E-state index is 12.4. The first-order valence-corrected chi connectivity index (χ1v) is 8.37. The topological polar surface area (TPSA) is 75.7 Å². The average molecular weight is 312 g/mol. The van der Waals surface area contributed by atoms with Crippen LogP contribution in [0.3, 0.4) is 0 Å². The van der Waals surface area contributed by atoms with E-state index in [4.69, 9.17) is 4.74 Å². The van der Waals surface area contributed by atoms with Gasteiger partial charge >= 0.3 is 0 Å². The standard InChI is InChI=1S/C14H20N2O4S/c1-5-21(18,19)15-10-6-7-12-11(8-10)16(4)13(17)14(2,3)9-20-12/h6-8,15H,5,9H2,1-4H3. The molecule has 2 rings (SSSR count). The molecule has 0 saturated heterocycles. The van der Waals surface area contributed by atoms with Crippen molar-refractivity contribution in [1.82, 2.24) is 0 Å². The lowest BCUT2D eigenvalue weighted by Gasteiger charge is -2.24. The number of hydrogen-bond donors (Lipinski definition) is 1. The normalized spacial score (nSPS) is 17.7. The summed E-state index contributed by atoms with van der Waals surface area (Å²) < 4.78 is 31.4. The molecule has 1 aliphatic heterocycles. The summed E-state index contributed by atoms with van der Waals surface area (Å²) in [5.41, 5.74) is 0.345. The van der Waals surface area contributed by atoms with Crippen LogP contribution in [0.4, 0.5) is 11.4 Å². The summed E-state index contributed by atoms with van der Waals surface area (Å²) >= 11 is 0. The molecular weight excluding hydrogens is 292 g/mol. The molecule has 0 saturated carbocycles. The summed E-state index contributed by atoms with van der Waals surface area (Å²) in [6.07, 6.45) is 0. The molecule has 1 aromatic rings. The summed E-state index contributed by atoms with van der Waals surface area (Å²) in [4.78, 5) is 13.9. The highest BCUT2D eigenvalue weighted by Crippen LogP contribution is 2.37. The van der Waals surface area contributed by atoms with Crippen LogP contribution in [0.15, 0.2) is 18.2 Å². The third-order valence-electron chi connectivity index (χ3n) is 3.45. The van der Waals surface area contributed by atoms with Gasteiger partial charge in [-0.05, 0) is 39.0 Å². The van der Waals surface area contributed by atoms with Crippen molar-refractivity contribution >= 4 is 27.3 Å². The molecule has 0 aromatic heterocycles. The second-order valence-electron chi connectivity index (χ2n) is 5.72. The predicted octanol–water partition coefficient (Wildman–Crippen LogP) is 1.83. The van der Waals surface area contributed by atoms with Gasteiger partial charge in [-0.1, -0.05) is 0 Å². The van der Waals surface area contributed by atoms with Gasteiger partial charge in [-0.2, -0.15) is 0 Å². The lowest BCUT2D eigenvalue weighted by atomic mass is 9.93. The molecule has 1 N–H and O–H groups in total. The quantitative estimate of drug-likeness (QED) is 0.924. The monoisotopic (exact) mass is 312 g/mol. The van der Waals surface area contributed by atoms with Crippen LogP contribution >= 0.6 is 0 Å². The average Bonchev–Trinajstić information content (AvgIpc) is 2.50.